The number of halogens is 1. The predicted molar refractivity (Wildman–Crippen MR) is 65.9 cm³/mol. The van der Waals surface area contributed by atoms with E-state index in [0.29, 0.717) is 6.61 Å². The Morgan fingerprint density at radius 2 is 2.00 bits per heavy atom. The van der Waals surface area contributed by atoms with Crippen LogP contribution in [0.1, 0.15) is 32.3 Å². The summed E-state index contributed by atoms with van der Waals surface area (Å²) in [4.78, 5) is 10.8. The molecule has 0 aliphatic carbocycles. The number of hydrogen-bond donors (Lipinski definition) is 0. The van der Waals surface area contributed by atoms with Gasteiger partial charge in [-0.3, -0.25) is 4.79 Å². The lowest BCUT2D eigenvalue weighted by Crippen LogP contribution is -2.03. The molecule has 0 radical (unpaired) electrons. The second-order valence-corrected chi connectivity index (χ2v) is 3.88. The van der Waals surface area contributed by atoms with Gasteiger partial charge in [0.05, 0.1) is 0 Å². The Morgan fingerprint density at radius 1 is 1.35 bits per heavy atom. The summed E-state index contributed by atoms with van der Waals surface area (Å²) in [6.45, 7) is 3.76. The standard InChI is InChI=1S/C14H17FO2/c1-3-4-13(10-17-11(2)16)9-12-5-7-14(15)8-6-12/h5-9H,3-4,10H2,1-2H3. The van der Waals surface area contributed by atoms with Crippen LogP contribution in [-0.2, 0) is 9.53 Å². The highest BCUT2D eigenvalue weighted by Crippen LogP contribution is 2.13. The van der Waals surface area contributed by atoms with Gasteiger partial charge < -0.3 is 4.74 Å². The molecule has 0 atom stereocenters. The van der Waals surface area contributed by atoms with Crippen molar-refractivity contribution in [3.63, 3.8) is 0 Å². The van der Waals surface area contributed by atoms with Crippen LogP contribution in [-0.4, -0.2) is 12.6 Å². The van der Waals surface area contributed by atoms with E-state index in [1.165, 1.54) is 19.1 Å². The summed E-state index contributed by atoms with van der Waals surface area (Å²) in [6.07, 6.45) is 3.78. The van der Waals surface area contributed by atoms with Crippen LogP contribution in [0.5, 0.6) is 0 Å². The third-order valence-electron chi connectivity index (χ3n) is 2.27. The molecule has 17 heavy (non-hydrogen) atoms. The predicted octanol–water partition coefficient (Wildman–Crippen LogP) is 3.57. The fourth-order valence-electron chi connectivity index (χ4n) is 1.50. The summed E-state index contributed by atoms with van der Waals surface area (Å²) in [5.41, 5.74) is 1.95. The molecule has 1 aromatic carbocycles. The second kappa shape index (κ2) is 6.84. The summed E-state index contributed by atoms with van der Waals surface area (Å²) in [7, 11) is 0. The Hall–Kier alpha value is -1.64. The van der Waals surface area contributed by atoms with Crippen molar-refractivity contribution in [1.29, 1.82) is 0 Å². The van der Waals surface area contributed by atoms with E-state index in [1.807, 2.05) is 6.08 Å². The minimum absolute atomic E-state index is 0.251. The van der Waals surface area contributed by atoms with Gasteiger partial charge in [0.1, 0.15) is 12.4 Å². The molecule has 0 N–H and O–H groups in total. The number of carbonyl (C=O) groups is 1. The van der Waals surface area contributed by atoms with Gasteiger partial charge in [0, 0.05) is 6.92 Å². The molecule has 1 aromatic rings. The first-order valence-electron chi connectivity index (χ1n) is 5.70. The van der Waals surface area contributed by atoms with Crippen LogP contribution in [0.3, 0.4) is 0 Å². The van der Waals surface area contributed by atoms with Crippen LogP contribution in [0.2, 0.25) is 0 Å². The lowest BCUT2D eigenvalue weighted by atomic mass is 10.1. The molecule has 0 aliphatic heterocycles. The van der Waals surface area contributed by atoms with Gasteiger partial charge in [0.25, 0.3) is 0 Å². The average Bonchev–Trinajstić information content (AvgIpc) is 2.29. The van der Waals surface area contributed by atoms with Gasteiger partial charge in [-0.05, 0) is 29.7 Å². The van der Waals surface area contributed by atoms with Crippen LogP contribution >= 0.6 is 0 Å². The minimum Gasteiger partial charge on any atom is -0.461 e. The highest BCUT2D eigenvalue weighted by atomic mass is 19.1. The Kier molecular flexibility index (Phi) is 5.40. The van der Waals surface area contributed by atoms with Crippen LogP contribution in [0.15, 0.2) is 29.8 Å². The zero-order valence-corrected chi connectivity index (χ0v) is 10.2. The molecule has 1 rings (SSSR count). The number of esters is 1. The first-order valence-corrected chi connectivity index (χ1v) is 5.70. The van der Waals surface area contributed by atoms with Gasteiger partial charge in [-0.25, -0.2) is 4.39 Å². The second-order valence-electron chi connectivity index (χ2n) is 3.88. The number of rotatable bonds is 5. The minimum atomic E-state index is -0.286. The van der Waals surface area contributed by atoms with Crippen LogP contribution in [0.4, 0.5) is 4.39 Å². The molecule has 0 spiro atoms. The molecular weight excluding hydrogens is 219 g/mol. The van der Waals surface area contributed by atoms with Crippen molar-refractivity contribution >= 4 is 12.0 Å². The maximum Gasteiger partial charge on any atom is 0.302 e. The lowest BCUT2D eigenvalue weighted by molar-refractivity contribution is -0.140. The fraction of sp³-hybridized carbons (Fsp3) is 0.357. The van der Waals surface area contributed by atoms with E-state index in [9.17, 15) is 9.18 Å². The summed E-state index contributed by atoms with van der Waals surface area (Å²) in [6, 6.07) is 6.25. The normalized spacial score (nSPS) is 11.4. The van der Waals surface area contributed by atoms with Gasteiger partial charge in [-0.2, -0.15) is 0 Å². The van der Waals surface area contributed by atoms with E-state index in [2.05, 4.69) is 6.92 Å². The molecule has 0 bridgehead atoms. The Bertz CT molecular complexity index is 393. The first-order chi connectivity index (χ1) is 8.11. The van der Waals surface area contributed by atoms with Crippen molar-refractivity contribution < 1.29 is 13.9 Å². The summed E-state index contributed by atoms with van der Waals surface area (Å²) < 4.78 is 17.7. The molecule has 0 saturated carbocycles. The molecular formula is C14H17FO2. The highest BCUT2D eigenvalue weighted by Gasteiger charge is 2.00. The van der Waals surface area contributed by atoms with E-state index in [-0.39, 0.29) is 11.8 Å². The van der Waals surface area contributed by atoms with Crippen LogP contribution in [0.25, 0.3) is 6.08 Å². The molecule has 0 saturated heterocycles. The Morgan fingerprint density at radius 3 is 2.53 bits per heavy atom. The van der Waals surface area contributed by atoms with Gasteiger partial charge in [-0.15, -0.1) is 0 Å². The maximum atomic E-state index is 12.7. The van der Waals surface area contributed by atoms with E-state index in [0.717, 1.165) is 24.0 Å². The third kappa shape index (κ3) is 5.29. The molecule has 0 amide bonds. The Balaban J connectivity index is 2.74. The quantitative estimate of drug-likeness (QED) is 0.730. The highest BCUT2D eigenvalue weighted by molar-refractivity contribution is 5.66. The number of carbonyl (C=O) groups excluding carboxylic acids is 1. The summed E-state index contributed by atoms with van der Waals surface area (Å²) in [5.74, 6) is -0.537. The van der Waals surface area contributed by atoms with Crippen molar-refractivity contribution in [3.8, 4) is 0 Å². The molecule has 0 heterocycles. The van der Waals surface area contributed by atoms with Crippen molar-refractivity contribution in [2.75, 3.05) is 6.61 Å². The average molecular weight is 236 g/mol. The van der Waals surface area contributed by atoms with Crippen LogP contribution < -0.4 is 0 Å². The van der Waals surface area contributed by atoms with E-state index >= 15 is 0 Å². The monoisotopic (exact) mass is 236 g/mol. The molecule has 3 heteroatoms. The zero-order valence-electron chi connectivity index (χ0n) is 10.2. The number of ether oxygens (including phenoxy) is 1. The largest absolute Gasteiger partial charge is 0.461 e. The SMILES string of the molecule is CCCC(=Cc1ccc(F)cc1)COC(C)=O. The molecule has 0 unspecified atom stereocenters. The lowest BCUT2D eigenvalue weighted by Gasteiger charge is -2.06. The van der Waals surface area contributed by atoms with Gasteiger partial charge in [0.2, 0.25) is 0 Å². The maximum absolute atomic E-state index is 12.7. The third-order valence-corrected chi connectivity index (χ3v) is 2.27. The van der Waals surface area contributed by atoms with E-state index < -0.39 is 0 Å². The van der Waals surface area contributed by atoms with Gasteiger partial charge in [-0.1, -0.05) is 31.6 Å². The van der Waals surface area contributed by atoms with Gasteiger partial charge in [0.15, 0.2) is 0 Å². The summed E-state index contributed by atoms with van der Waals surface area (Å²) in [5, 5.41) is 0. The molecule has 0 aromatic heterocycles. The van der Waals surface area contributed by atoms with Crippen molar-refractivity contribution in [3.05, 3.63) is 41.2 Å². The van der Waals surface area contributed by atoms with Crippen LogP contribution in [0, 0.1) is 5.82 Å². The number of benzene rings is 1. The topological polar surface area (TPSA) is 26.3 Å². The first kappa shape index (κ1) is 13.4. The van der Waals surface area contributed by atoms with Crippen molar-refractivity contribution in [2.45, 2.75) is 26.7 Å². The van der Waals surface area contributed by atoms with Gasteiger partial charge >= 0.3 is 5.97 Å². The molecule has 92 valence electrons. The number of hydrogen-bond acceptors (Lipinski definition) is 2. The molecule has 0 aliphatic rings. The summed E-state index contributed by atoms with van der Waals surface area (Å²) >= 11 is 0. The molecule has 0 fully saturated rings. The smallest absolute Gasteiger partial charge is 0.302 e. The van der Waals surface area contributed by atoms with Crippen molar-refractivity contribution in [2.24, 2.45) is 0 Å². The van der Waals surface area contributed by atoms with E-state index in [1.54, 1.807) is 12.1 Å². The van der Waals surface area contributed by atoms with Crippen molar-refractivity contribution in [1.82, 2.24) is 0 Å². The zero-order chi connectivity index (χ0) is 12.7. The molecule has 2 nitrogen and oxygen atoms in total. The Labute approximate surface area is 101 Å². The fourth-order valence-corrected chi connectivity index (χ4v) is 1.50. The van der Waals surface area contributed by atoms with E-state index in [4.69, 9.17) is 4.74 Å².